The maximum Gasteiger partial charge on any atom is 0.230 e. The summed E-state index contributed by atoms with van der Waals surface area (Å²) in [5.41, 5.74) is 0. The van der Waals surface area contributed by atoms with E-state index in [1.165, 1.54) is 12.8 Å². The van der Waals surface area contributed by atoms with Gasteiger partial charge in [0.1, 0.15) is 0 Å². The van der Waals surface area contributed by atoms with Crippen molar-refractivity contribution in [3.05, 3.63) is 11.8 Å². The first-order valence-electron chi connectivity index (χ1n) is 5.81. The average Bonchev–Trinajstić information content (AvgIpc) is 2.65. The van der Waals surface area contributed by atoms with E-state index in [0.29, 0.717) is 0 Å². The summed E-state index contributed by atoms with van der Waals surface area (Å²) in [6.07, 6.45) is 3.46. The first-order valence-corrected chi connectivity index (χ1v) is 5.81. The number of likely N-dealkylation sites (tertiary alicyclic amines) is 1. The van der Waals surface area contributed by atoms with Crippen molar-refractivity contribution < 1.29 is 4.42 Å². The Labute approximate surface area is 90.7 Å². The quantitative estimate of drug-likeness (QED) is 0.762. The number of hydrogen-bond acceptors (Lipinski definition) is 4. The Hall–Kier alpha value is -0.900. The van der Waals surface area contributed by atoms with Crippen LogP contribution in [0.15, 0.2) is 4.42 Å². The minimum Gasteiger partial charge on any atom is -0.424 e. The largest absolute Gasteiger partial charge is 0.424 e. The van der Waals surface area contributed by atoms with Crippen LogP contribution in [0.1, 0.15) is 38.5 Å². The standard InChI is InChI=1S/C11H19N3O/c1-3-10-12-13-11(15-10)8-14-6-4-5-9(2)7-14/h9H,3-8H2,1-2H3/t9-/m1/s1. The van der Waals surface area contributed by atoms with E-state index in [2.05, 4.69) is 22.0 Å². The van der Waals surface area contributed by atoms with E-state index < -0.39 is 0 Å². The van der Waals surface area contributed by atoms with Crippen molar-refractivity contribution in [2.75, 3.05) is 13.1 Å². The summed E-state index contributed by atoms with van der Waals surface area (Å²) in [6, 6.07) is 0. The Morgan fingerprint density at radius 2 is 2.20 bits per heavy atom. The smallest absolute Gasteiger partial charge is 0.230 e. The van der Waals surface area contributed by atoms with Crippen LogP contribution in [0.2, 0.25) is 0 Å². The molecule has 4 nitrogen and oxygen atoms in total. The maximum absolute atomic E-state index is 5.51. The van der Waals surface area contributed by atoms with Gasteiger partial charge in [0.2, 0.25) is 11.8 Å². The first-order chi connectivity index (χ1) is 7.28. The van der Waals surface area contributed by atoms with E-state index in [1.54, 1.807) is 0 Å². The molecule has 1 fully saturated rings. The molecular formula is C11H19N3O. The summed E-state index contributed by atoms with van der Waals surface area (Å²) in [4.78, 5) is 2.40. The number of hydrogen-bond donors (Lipinski definition) is 0. The average molecular weight is 209 g/mol. The molecule has 0 amide bonds. The third-order valence-electron chi connectivity index (χ3n) is 2.91. The lowest BCUT2D eigenvalue weighted by atomic mass is 10.0. The fourth-order valence-electron chi connectivity index (χ4n) is 2.12. The van der Waals surface area contributed by atoms with Crippen LogP contribution >= 0.6 is 0 Å². The molecule has 1 aromatic rings. The van der Waals surface area contributed by atoms with Crippen LogP contribution in [0.5, 0.6) is 0 Å². The highest BCUT2D eigenvalue weighted by Gasteiger charge is 2.18. The molecule has 84 valence electrons. The van der Waals surface area contributed by atoms with E-state index in [0.717, 1.165) is 43.8 Å². The third kappa shape index (κ3) is 2.78. The molecule has 0 bridgehead atoms. The van der Waals surface area contributed by atoms with Gasteiger partial charge in [0.15, 0.2) is 0 Å². The molecule has 0 saturated carbocycles. The molecule has 2 rings (SSSR count). The summed E-state index contributed by atoms with van der Waals surface area (Å²) < 4.78 is 5.51. The highest BCUT2D eigenvalue weighted by Crippen LogP contribution is 2.17. The van der Waals surface area contributed by atoms with Crippen LogP contribution in [0.25, 0.3) is 0 Å². The number of aryl methyl sites for hydroxylation is 1. The van der Waals surface area contributed by atoms with Crippen molar-refractivity contribution in [1.29, 1.82) is 0 Å². The molecule has 1 aliphatic heterocycles. The molecule has 15 heavy (non-hydrogen) atoms. The van der Waals surface area contributed by atoms with Crippen molar-refractivity contribution in [3.8, 4) is 0 Å². The highest BCUT2D eigenvalue weighted by molar-refractivity contribution is 4.82. The Morgan fingerprint density at radius 3 is 2.87 bits per heavy atom. The fraction of sp³-hybridized carbons (Fsp3) is 0.818. The topological polar surface area (TPSA) is 42.2 Å². The van der Waals surface area contributed by atoms with Gasteiger partial charge in [-0.2, -0.15) is 0 Å². The third-order valence-corrected chi connectivity index (χ3v) is 2.91. The lowest BCUT2D eigenvalue weighted by Crippen LogP contribution is -2.33. The molecular weight excluding hydrogens is 190 g/mol. The van der Waals surface area contributed by atoms with Crippen LogP contribution in [-0.2, 0) is 13.0 Å². The zero-order chi connectivity index (χ0) is 10.7. The van der Waals surface area contributed by atoms with Crippen LogP contribution in [0.4, 0.5) is 0 Å². The van der Waals surface area contributed by atoms with Gasteiger partial charge >= 0.3 is 0 Å². The molecule has 1 atom stereocenters. The van der Waals surface area contributed by atoms with E-state index in [9.17, 15) is 0 Å². The van der Waals surface area contributed by atoms with Gasteiger partial charge in [-0.15, -0.1) is 10.2 Å². The second-order valence-corrected chi connectivity index (χ2v) is 4.43. The predicted molar refractivity (Wildman–Crippen MR) is 57.4 cm³/mol. The fourth-order valence-corrected chi connectivity index (χ4v) is 2.12. The van der Waals surface area contributed by atoms with Crippen molar-refractivity contribution in [2.24, 2.45) is 5.92 Å². The van der Waals surface area contributed by atoms with Crippen molar-refractivity contribution >= 4 is 0 Å². The predicted octanol–water partition coefficient (Wildman–Crippen LogP) is 1.86. The zero-order valence-electron chi connectivity index (χ0n) is 9.57. The second kappa shape index (κ2) is 4.75. The minimum absolute atomic E-state index is 0.745. The Kier molecular flexibility index (Phi) is 3.36. The molecule has 0 N–H and O–H groups in total. The number of nitrogens with zero attached hydrogens (tertiary/aromatic N) is 3. The van der Waals surface area contributed by atoms with Crippen LogP contribution < -0.4 is 0 Å². The summed E-state index contributed by atoms with van der Waals surface area (Å²) in [7, 11) is 0. The molecule has 4 heteroatoms. The molecule has 0 unspecified atom stereocenters. The molecule has 0 radical (unpaired) electrons. The number of piperidine rings is 1. The summed E-state index contributed by atoms with van der Waals surface area (Å²) in [5.74, 6) is 2.31. The minimum atomic E-state index is 0.745. The second-order valence-electron chi connectivity index (χ2n) is 4.43. The molecule has 0 aromatic carbocycles. The summed E-state index contributed by atoms with van der Waals surface area (Å²) in [6.45, 7) is 7.47. The van der Waals surface area contributed by atoms with Crippen LogP contribution in [-0.4, -0.2) is 28.2 Å². The summed E-state index contributed by atoms with van der Waals surface area (Å²) in [5, 5.41) is 8.02. The van der Waals surface area contributed by atoms with Gasteiger partial charge in [0.25, 0.3) is 0 Å². The van der Waals surface area contributed by atoms with Gasteiger partial charge in [0.05, 0.1) is 6.54 Å². The van der Waals surface area contributed by atoms with Gasteiger partial charge in [-0.05, 0) is 25.3 Å². The van der Waals surface area contributed by atoms with Gasteiger partial charge < -0.3 is 4.42 Å². The van der Waals surface area contributed by atoms with E-state index in [4.69, 9.17) is 4.42 Å². The maximum atomic E-state index is 5.51. The van der Waals surface area contributed by atoms with E-state index in [-0.39, 0.29) is 0 Å². The normalized spacial score (nSPS) is 23.2. The zero-order valence-corrected chi connectivity index (χ0v) is 9.57. The first kappa shape index (κ1) is 10.6. The van der Waals surface area contributed by atoms with Crippen molar-refractivity contribution in [2.45, 2.75) is 39.7 Å². The SMILES string of the molecule is CCc1nnc(CN2CCC[C@@H](C)C2)o1. The van der Waals surface area contributed by atoms with Crippen LogP contribution in [0, 0.1) is 5.92 Å². The highest BCUT2D eigenvalue weighted by atomic mass is 16.4. The van der Waals surface area contributed by atoms with Crippen LogP contribution in [0.3, 0.4) is 0 Å². The molecule has 2 heterocycles. The Morgan fingerprint density at radius 1 is 1.40 bits per heavy atom. The van der Waals surface area contributed by atoms with Gasteiger partial charge in [0, 0.05) is 13.0 Å². The van der Waals surface area contributed by atoms with E-state index >= 15 is 0 Å². The molecule has 0 aliphatic carbocycles. The summed E-state index contributed by atoms with van der Waals surface area (Å²) >= 11 is 0. The number of rotatable bonds is 3. The Bertz CT molecular complexity index is 311. The lowest BCUT2D eigenvalue weighted by molar-refractivity contribution is 0.162. The van der Waals surface area contributed by atoms with Crippen molar-refractivity contribution in [1.82, 2.24) is 15.1 Å². The molecule has 1 aromatic heterocycles. The molecule has 1 saturated heterocycles. The lowest BCUT2D eigenvalue weighted by Gasteiger charge is -2.29. The van der Waals surface area contributed by atoms with Gasteiger partial charge in [-0.1, -0.05) is 13.8 Å². The number of aromatic nitrogens is 2. The monoisotopic (exact) mass is 209 g/mol. The van der Waals surface area contributed by atoms with Crippen molar-refractivity contribution in [3.63, 3.8) is 0 Å². The molecule has 0 spiro atoms. The van der Waals surface area contributed by atoms with Gasteiger partial charge in [-0.3, -0.25) is 4.90 Å². The van der Waals surface area contributed by atoms with Gasteiger partial charge in [-0.25, -0.2) is 0 Å². The molecule has 1 aliphatic rings. The Balaban J connectivity index is 1.90. The van der Waals surface area contributed by atoms with E-state index in [1.807, 2.05) is 6.92 Å².